The van der Waals surface area contributed by atoms with Crippen LogP contribution >= 0.6 is 27.7 Å². The van der Waals surface area contributed by atoms with Gasteiger partial charge in [0.1, 0.15) is 0 Å². The van der Waals surface area contributed by atoms with E-state index in [1.807, 2.05) is 0 Å². The fourth-order valence-corrected chi connectivity index (χ4v) is 3.50. The molecule has 82 valence electrons. The molecule has 0 bridgehead atoms. The van der Waals surface area contributed by atoms with E-state index in [0.29, 0.717) is 0 Å². The number of hydrogen-bond acceptors (Lipinski definition) is 2. The molecule has 0 aromatic heterocycles. The van der Waals surface area contributed by atoms with Crippen molar-refractivity contribution >= 4 is 33.4 Å². The number of alkyl halides is 1. The van der Waals surface area contributed by atoms with Crippen molar-refractivity contribution in [2.45, 2.75) is 17.8 Å². The molecule has 0 amide bonds. The van der Waals surface area contributed by atoms with E-state index < -0.39 is 0 Å². The number of thioether (sulfide) groups is 1. The Balaban J connectivity index is 2.07. The van der Waals surface area contributed by atoms with Crippen LogP contribution in [-0.2, 0) is 5.33 Å². The molecule has 1 fully saturated rings. The third-order valence-electron chi connectivity index (χ3n) is 2.95. The molecular formula is C12H16BrNS. The Kier molecular flexibility index (Phi) is 3.98. The molecule has 2 rings (SSSR count). The van der Waals surface area contributed by atoms with E-state index in [1.54, 1.807) is 0 Å². The normalized spacial score (nSPS) is 20.5. The summed E-state index contributed by atoms with van der Waals surface area (Å²) in [7, 11) is 2.21. The molecule has 1 unspecified atom stereocenters. The van der Waals surface area contributed by atoms with Crippen LogP contribution in [0.1, 0.15) is 12.0 Å². The number of hydrogen-bond donors (Lipinski definition) is 0. The van der Waals surface area contributed by atoms with Crippen LogP contribution in [0.3, 0.4) is 0 Å². The minimum Gasteiger partial charge on any atom is -0.371 e. The molecular weight excluding hydrogens is 270 g/mol. The van der Waals surface area contributed by atoms with Crippen LogP contribution in [0, 0.1) is 0 Å². The number of halogens is 1. The van der Waals surface area contributed by atoms with Crippen molar-refractivity contribution in [3.05, 3.63) is 29.8 Å². The monoisotopic (exact) mass is 285 g/mol. The highest BCUT2D eigenvalue weighted by Gasteiger charge is 2.19. The van der Waals surface area contributed by atoms with Gasteiger partial charge in [-0.1, -0.05) is 28.1 Å². The minimum absolute atomic E-state index is 0.727. The zero-order valence-corrected chi connectivity index (χ0v) is 11.4. The molecule has 1 atom stereocenters. The van der Waals surface area contributed by atoms with Gasteiger partial charge in [-0.15, -0.1) is 0 Å². The average molecular weight is 286 g/mol. The molecule has 1 heterocycles. The fourth-order valence-electron chi connectivity index (χ4n) is 1.86. The molecule has 0 N–H and O–H groups in total. The summed E-state index contributed by atoms with van der Waals surface area (Å²) in [5, 5.41) is 0.941. The molecule has 1 aromatic rings. The lowest BCUT2D eigenvalue weighted by atomic mass is 10.1. The van der Waals surface area contributed by atoms with Crippen molar-refractivity contribution in [2.24, 2.45) is 0 Å². The SMILES string of the molecule is CN(c1ccc(CBr)cc1)C1CCSC1. The third-order valence-corrected chi connectivity index (χ3v) is 4.74. The highest BCUT2D eigenvalue weighted by molar-refractivity contribution is 9.08. The smallest absolute Gasteiger partial charge is 0.0385 e. The highest BCUT2D eigenvalue weighted by Crippen LogP contribution is 2.26. The Morgan fingerprint density at radius 1 is 1.40 bits per heavy atom. The molecule has 3 heteroatoms. The zero-order valence-electron chi connectivity index (χ0n) is 8.95. The lowest BCUT2D eigenvalue weighted by molar-refractivity contribution is 0.700. The first-order valence-electron chi connectivity index (χ1n) is 5.27. The van der Waals surface area contributed by atoms with Crippen LogP contribution in [0.25, 0.3) is 0 Å². The lowest BCUT2D eigenvalue weighted by Crippen LogP contribution is -2.31. The summed E-state index contributed by atoms with van der Waals surface area (Å²) in [5.41, 5.74) is 2.68. The van der Waals surface area contributed by atoms with Gasteiger partial charge in [-0.25, -0.2) is 0 Å². The Morgan fingerprint density at radius 2 is 2.13 bits per heavy atom. The van der Waals surface area contributed by atoms with Gasteiger partial charge in [0.25, 0.3) is 0 Å². The van der Waals surface area contributed by atoms with Crippen LogP contribution in [0.2, 0.25) is 0 Å². The topological polar surface area (TPSA) is 3.24 Å². The van der Waals surface area contributed by atoms with Gasteiger partial charge in [0.2, 0.25) is 0 Å². The van der Waals surface area contributed by atoms with Crippen molar-refractivity contribution in [3.63, 3.8) is 0 Å². The molecule has 0 spiro atoms. The Morgan fingerprint density at radius 3 is 2.67 bits per heavy atom. The van der Waals surface area contributed by atoms with Crippen LogP contribution in [0.5, 0.6) is 0 Å². The van der Waals surface area contributed by atoms with E-state index in [4.69, 9.17) is 0 Å². The molecule has 0 aliphatic carbocycles. The molecule has 1 nitrogen and oxygen atoms in total. The van der Waals surface area contributed by atoms with Gasteiger partial charge in [-0.05, 0) is 29.9 Å². The van der Waals surface area contributed by atoms with Gasteiger partial charge in [0, 0.05) is 29.9 Å². The third kappa shape index (κ3) is 2.70. The number of nitrogens with zero attached hydrogens (tertiary/aromatic N) is 1. The van der Waals surface area contributed by atoms with E-state index in [9.17, 15) is 0 Å². The van der Waals surface area contributed by atoms with Crippen molar-refractivity contribution in [3.8, 4) is 0 Å². The van der Waals surface area contributed by atoms with Gasteiger partial charge in [0.05, 0.1) is 0 Å². The maximum absolute atomic E-state index is 3.47. The number of anilines is 1. The van der Waals surface area contributed by atoms with Gasteiger partial charge in [-0.3, -0.25) is 0 Å². The highest BCUT2D eigenvalue weighted by atomic mass is 79.9. The van der Waals surface area contributed by atoms with Gasteiger partial charge >= 0.3 is 0 Å². The van der Waals surface area contributed by atoms with Crippen LogP contribution in [-0.4, -0.2) is 24.6 Å². The standard InChI is InChI=1S/C12H16BrNS/c1-14(12-6-7-15-9-12)11-4-2-10(8-13)3-5-11/h2-5,12H,6-9H2,1H3. The summed E-state index contributed by atoms with van der Waals surface area (Å²) in [6, 6.07) is 9.56. The molecule has 1 aromatic carbocycles. The predicted molar refractivity (Wildman–Crippen MR) is 73.2 cm³/mol. The van der Waals surface area contributed by atoms with Gasteiger partial charge < -0.3 is 4.90 Å². The summed E-state index contributed by atoms with van der Waals surface area (Å²) >= 11 is 5.53. The van der Waals surface area contributed by atoms with Gasteiger partial charge in [0.15, 0.2) is 0 Å². The minimum atomic E-state index is 0.727. The molecule has 0 saturated carbocycles. The molecule has 1 aliphatic rings. The Bertz CT molecular complexity index is 306. The van der Waals surface area contributed by atoms with E-state index >= 15 is 0 Å². The van der Waals surface area contributed by atoms with Crippen molar-refractivity contribution in [1.29, 1.82) is 0 Å². The first-order valence-corrected chi connectivity index (χ1v) is 7.54. The first-order chi connectivity index (χ1) is 7.31. The molecule has 15 heavy (non-hydrogen) atoms. The van der Waals surface area contributed by atoms with Crippen LogP contribution < -0.4 is 4.90 Å². The summed E-state index contributed by atoms with van der Waals surface area (Å²) in [6.07, 6.45) is 1.32. The summed E-state index contributed by atoms with van der Waals surface area (Å²) in [4.78, 5) is 2.41. The predicted octanol–water partition coefficient (Wildman–Crippen LogP) is 3.52. The van der Waals surface area contributed by atoms with E-state index in [-0.39, 0.29) is 0 Å². The Labute approximate surface area is 104 Å². The van der Waals surface area contributed by atoms with E-state index in [0.717, 1.165) is 11.4 Å². The molecule has 0 radical (unpaired) electrons. The Hall–Kier alpha value is -0.150. The summed E-state index contributed by atoms with van der Waals surface area (Å²) < 4.78 is 0. The van der Waals surface area contributed by atoms with E-state index in [2.05, 4.69) is 63.9 Å². The number of rotatable bonds is 3. The largest absolute Gasteiger partial charge is 0.371 e. The number of benzene rings is 1. The second-order valence-corrected chi connectivity index (χ2v) is 5.64. The first kappa shape index (κ1) is 11.3. The fraction of sp³-hybridized carbons (Fsp3) is 0.500. The second-order valence-electron chi connectivity index (χ2n) is 3.93. The summed E-state index contributed by atoms with van der Waals surface area (Å²) in [5.74, 6) is 2.59. The lowest BCUT2D eigenvalue weighted by Gasteiger charge is -2.26. The van der Waals surface area contributed by atoms with Crippen molar-refractivity contribution < 1.29 is 0 Å². The van der Waals surface area contributed by atoms with Crippen LogP contribution in [0.4, 0.5) is 5.69 Å². The zero-order chi connectivity index (χ0) is 10.7. The summed E-state index contributed by atoms with van der Waals surface area (Å²) in [6.45, 7) is 0. The van der Waals surface area contributed by atoms with Crippen molar-refractivity contribution in [1.82, 2.24) is 0 Å². The second kappa shape index (κ2) is 5.26. The maximum atomic E-state index is 3.47. The van der Waals surface area contributed by atoms with Crippen molar-refractivity contribution in [2.75, 3.05) is 23.5 Å². The maximum Gasteiger partial charge on any atom is 0.0385 e. The van der Waals surface area contributed by atoms with E-state index in [1.165, 1.54) is 29.2 Å². The average Bonchev–Trinajstić information content (AvgIpc) is 2.82. The quantitative estimate of drug-likeness (QED) is 0.782. The molecule has 1 saturated heterocycles. The molecule has 1 aliphatic heterocycles. The van der Waals surface area contributed by atoms with Crippen LogP contribution in [0.15, 0.2) is 24.3 Å². The van der Waals surface area contributed by atoms with Gasteiger partial charge in [-0.2, -0.15) is 11.8 Å².